The molecule has 0 fully saturated rings. The molecule has 0 aliphatic heterocycles. The molecule has 5 nitrogen and oxygen atoms in total. The molecule has 0 atom stereocenters. The highest BCUT2D eigenvalue weighted by atomic mass is 35.5. The summed E-state index contributed by atoms with van der Waals surface area (Å²) in [5.74, 6) is 0.625. The second-order valence-corrected chi connectivity index (χ2v) is 6.37. The summed E-state index contributed by atoms with van der Waals surface area (Å²) in [5, 5.41) is 5.18. The first-order chi connectivity index (χ1) is 12.5. The molecule has 0 aliphatic rings. The predicted octanol–water partition coefficient (Wildman–Crippen LogP) is 4.77. The van der Waals surface area contributed by atoms with Crippen LogP contribution in [-0.2, 0) is 16.3 Å². The Morgan fingerprint density at radius 3 is 2.58 bits per heavy atom. The Hall–Kier alpha value is -2.08. The highest BCUT2D eigenvalue weighted by Crippen LogP contribution is 2.23. The number of hydrogen-bond donors (Lipinski definition) is 1. The number of rotatable bonds is 6. The summed E-state index contributed by atoms with van der Waals surface area (Å²) >= 11 is 12.0. The molecule has 2 aromatic rings. The van der Waals surface area contributed by atoms with E-state index in [1.807, 2.05) is 38.1 Å². The van der Waals surface area contributed by atoms with Crippen molar-refractivity contribution < 1.29 is 9.68 Å². The SMILES string of the molecule is CN=C(NOC)c1cccc(C)c1CO/N=C(\C)c1ccc(Cl)c(Cl)c1. The number of nitrogens with one attached hydrogen (secondary N) is 1. The van der Waals surface area contributed by atoms with E-state index in [2.05, 4.69) is 15.6 Å². The molecule has 0 radical (unpaired) electrons. The van der Waals surface area contributed by atoms with Gasteiger partial charge in [-0.1, -0.05) is 52.6 Å². The van der Waals surface area contributed by atoms with Gasteiger partial charge < -0.3 is 4.84 Å². The molecular weight excluding hydrogens is 373 g/mol. The van der Waals surface area contributed by atoms with Crippen molar-refractivity contribution in [3.8, 4) is 0 Å². The van der Waals surface area contributed by atoms with Crippen molar-refractivity contribution in [2.75, 3.05) is 14.2 Å². The number of hydrogen-bond acceptors (Lipinski definition) is 4. The van der Waals surface area contributed by atoms with E-state index in [0.717, 1.165) is 22.3 Å². The van der Waals surface area contributed by atoms with Crippen molar-refractivity contribution in [1.82, 2.24) is 5.48 Å². The average molecular weight is 394 g/mol. The van der Waals surface area contributed by atoms with Gasteiger partial charge in [-0.3, -0.25) is 9.83 Å². The number of aryl methyl sites for hydroxylation is 1. The normalized spacial score (nSPS) is 12.2. The quantitative estimate of drug-likeness (QED) is 0.436. The summed E-state index contributed by atoms with van der Waals surface area (Å²) in [6.07, 6.45) is 0. The van der Waals surface area contributed by atoms with Crippen LogP contribution in [0.1, 0.15) is 29.2 Å². The van der Waals surface area contributed by atoms with Crippen molar-refractivity contribution in [3.63, 3.8) is 0 Å². The molecular formula is C19H21Cl2N3O2. The molecule has 1 N–H and O–H groups in total. The van der Waals surface area contributed by atoms with Gasteiger partial charge in [0.2, 0.25) is 0 Å². The Bertz CT molecular complexity index is 836. The van der Waals surface area contributed by atoms with E-state index in [1.165, 1.54) is 0 Å². The first-order valence-electron chi connectivity index (χ1n) is 7.94. The molecule has 7 heteroatoms. The van der Waals surface area contributed by atoms with Gasteiger partial charge in [0.05, 0.1) is 22.9 Å². The zero-order valence-electron chi connectivity index (χ0n) is 15.1. The van der Waals surface area contributed by atoms with Crippen LogP contribution in [0.15, 0.2) is 46.5 Å². The maximum atomic E-state index is 6.05. The van der Waals surface area contributed by atoms with E-state index in [-0.39, 0.29) is 0 Å². The van der Waals surface area contributed by atoms with Gasteiger partial charge in [0.25, 0.3) is 0 Å². The third kappa shape index (κ3) is 4.97. The number of hydroxylamine groups is 1. The summed E-state index contributed by atoms with van der Waals surface area (Å²) in [4.78, 5) is 14.8. The van der Waals surface area contributed by atoms with Crippen LogP contribution in [0, 0.1) is 6.92 Å². The van der Waals surface area contributed by atoms with Crippen molar-refractivity contribution in [2.24, 2.45) is 10.1 Å². The minimum Gasteiger partial charge on any atom is -0.391 e. The van der Waals surface area contributed by atoms with Crippen molar-refractivity contribution in [3.05, 3.63) is 68.7 Å². The fourth-order valence-corrected chi connectivity index (χ4v) is 2.70. The monoisotopic (exact) mass is 393 g/mol. The Kier molecular flexibility index (Phi) is 7.45. The summed E-state index contributed by atoms with van der Waals surface area (Å²) in [6.45, 7) is 4.16. The summed E-state index contributed by atoms with van der Waals surface area (Å²) < 4.78 is 0. The first-order valence-corrected chi connectivity index (χ1v) is 8.70. The largest absolute Gasteiger partial charge is 0.391 e. The highest BCUT2D eigenvalue weighted by Gasteiger charge is 2.12. The fourth-order valence-electron chi connectivity index (χ4n) is 2.40. The Labute approximate surface area is 163 Å². The molecule has 0 heterocycles. The Balaban J connectivity index is 2.20. The van der Waals surface area contributed by atoms with E-state index in [0.29, 0.717) is 28.2 Å². The third-order valence-electron chi connectivity index (χ3n) is 3.84. The van der Waals surface area contributed by atoms with E-state index >= 15 is 0 Å². The fraction of sp³-hybridized carbons (Fsp3) is 0.263. The van der Waals surface area contributed by atoms with Crippen LogP contribution >= 0.6 is 23.2 Å². The van der Waals surface area contributed by atoms with E-state index in [4.69, 9.17) is 32.9 Å². The number of amidine groups is 1. The van der Waals surface area contributed by atoms with E-state index < -0.39 is 0 Å². The smallest absolute Gasteiger partial charge is 0.152 e. The zero-order chi connectivity index (χ0) is 19.1. The Morgan fingerprint density at radius 1 is 1.15 bits per heavy atom. The molecule has 0 saturated carbocycles. The van der Waals surface area contributed by atoms with Crippen LogP contribution in [0.25, 0.3) is 0 Å². The first kappa shape index (κ1) is 20.2. The van der Waals surface area contributed by atoms with Crippen molar-refractivity contribution >= 4 is 34.7 Å². The van der Waals surface area contributed by atoms with Crippen LogP contribution in [0.2, 0.25) is 10.0 Å². The van der Waals surface area contributed by atoms with Gasteiger partial charge in [0.1, 0.15) is 6.61 Å². The molecule has 26 heavy (non-hydrogen) atoms. The second-order valence-electron chi connectivity index (χ2n) is 5.56. The number of oxime groups is 1. The zero-order valence-corrected chi connectivity index (χ0v) is 16.6. The van der Waals surface area contributed by atoms with Gasteiger partial charge in [-0.25, -0.2) is 5.48 Å². The number of benzene rings is 2. The molecule has 0 saturated heterocycles. The lowest BCUT2D eigenvalue weighted by Crippen LogP contribution is -2.24. The molecule has 0 aromatic heterocycles. The van der Waals surface area contributed by atoms with Gasteiger partial charge >= 0.3 is 0 Å². The Morgan fingerprint density at radius 2 is 1.92 bits per heavy atom. The van der Waals surface area contributed by atoms with Crippen LogP contribution in [-0.4, -0.2) is 25.7 Å². The van der Waals surface area contributed by atoms with Crippen molar-refractivity contribution in [1.29, 1.82) is 0 Å². The number of aliphatic imine (C=N–C) groups is 1. The number of halogens is 2. The maximum Gasteiger partial charge on any atom is 0.152 e. The molecule has 0 spiro atoms. The molecule has 0 aliphatic carbocycles. The van der Waals surface area contributed by atoms with Gasteiger partial charge in [0, 0.05) is 23.7 Å². The molecule has 138 valence electrons. The highest BCUT2D eigenvalue weighted by molar-refractivity contribution is 6.42. The van der Waals surface area contributed by atoms with Crippen LogP contribution in [0.4, 0.5) is 0 Å². The van der Waals surface area contributed by atoms with Crippen LogP contribution in [0.3, 0.4) is 0 Å². The van der Waals surface area contributed by atoms with Gasteiger partial charge in [-0.2, -0.15) is 0 Å². The van der Waals surface area contributed by atoms with Crippen molar-refractivity contribution in [2.45, 2.75) is 20.5 Å². The van der Waals surface area contributed by atoms with Gasteiger partial charge in [-0.05, 0) is 31.5 Å². The van der Waals surface area contributed by atoms with Gasteiger partial charge in [0.15, 0.2) is 5.84 Å². The minimum atomic E-state index is 0.297. The standard InChI is InChI=1S/C19H21Cl2N3O2/c1-12-6-5-7-15(19(22-3)24-25-4)16(12)11-26-23-13(2)14-8-9-17(20)18(21)10-14/h5-10H,11H2,1-4H3,(H,22,24)/b23-13+. The molecule has 2 rings (SSSR count). The summed E-state index contributed by atoms with van der Waals surface area (Å²) in [7, 11) is 3.24. The van der Waals surface area contributed by atoms with E-state index in [1.54, 1.807) is 26.3 Å². The van der Waals surface area contributed by atoms with Crippen LogP contribution in [0.5, 0.6) is 0 Å². The lowest BCUT2D eigenvalue weighted by Gasteiger charge is -2.14. The van der Waals surface area contributed by atoms with Gasteiger partial charge in [-0.15, -0.1) is 0 Å². The minimum absolute atomic E-state index is 0.297. The summed E-state index contributed by atoms with van der Waals surface area (Å²) in [5.41, 5.74) is 7.29. The average Bonchev–Trinajstić information content (AvgIpc) is 2.63. The third-order valence-corrected chi connectivity index (χ3v) is 4.57. The molecule has 0 unspecified atom stereocenters. The predicted molar refractivity (Wildman–Crippen MR) is 107 cm³/mol. The molecule has 0 amide bonds. The molecule has 0 bridgehead atoms. The second kappa shape index (κ2) is 9.57. The topological polar surface area (TPSA) is 55.2 Å². The lowest BCUT2D eigenvalue weighted by molar-refractivity contribution is 0.129. The molecule has 2 aromatic carbocycles. The number of nitrogens with zero attached hydrogens (tertiary/aromatic N) is 2. The summed E-state index contributed by atoms with van der Waals surface area (Å²) in [6, 6.07) is 11.3. The lowest BCUT2D eigenvalue weighted by atomic mass is 10.0. The maximum absolute atomic E-state index is 6.05. The van der Waals surface area contributed by atoms with E-state index in [9.17, 15) is 0 Å². The van der Waals surface area contributed by atoms with Crippen LogP contribution < -0.4 is 5.48 Å².